The molecule has 2 heterocycles. The molecule has 0 aliphatic rings. The summed E-state index contributed by atoms with van der Waals surface area (Å²) in [6, 6.07) is 20.9. The van der Waals surface area contributed by atoms with Crippen LogP contribution in [0.2, 0.25) is 0 Å². The van der Waals surface area contributed by atoms with Gasteiger partial charge in [-0.3, -0.25) is 4.79 Å². The second kappa shape index (κ2) is 6.37. The second-order valence-electron chi connectivity index (χ2n) is 5.57. The van der Waals surface area contributed by atoms with Gasteiger partial charge in [-0.2, -0.15) is 5.10 Å². The highest BCUT2D eigenvalue weighted by molar-refractivity contribution is 7.16. The first-order chi connectivity index (χ1) is 11.8. The van der Waals surface area contributed by atoms with Crippen LogP contribution in [0.3, 0.4) is 0 Å². The number of aldehydes is 1. The Labute approximate surface area is 143 Å². The van der Waals surface area contributed by atoms with Gasteiger partial charge >= 0.3 is 0 Å². The van der Waals surface area contributed by atoms with E-state index in [1.54, 1.807) is 10.7 Å². The van der Waals surface area contributed by atoms with E-state index in [1.165, 1.54) is 22.5 Å². The van der Waals surface area contributed by atoms with E-state index in [0.29, 0.717) is 5.69 Å². The zero-order valence-electron chi connectivity index (χ0n) is 12.9. The van der Waals surface area contributed by atoms with Crippen LogP contribution in [0.1, 0.15) is 32.5 Å². The van der Waals surface area contributed by atoms with Crippen LogP contribution in [0.4, 0.5) is 0 Å². The smallest absolute Gasteiger partial charge is 0.212 e. The first kappa shape index (κ1) is 14.8. The van der Waals surface area contributed by atoms with E-state index in [-0.39, 0.29) is 5.92 Å². The monoisotopic (exact) mass is 333 g/mol. The lowest BCUT2D eigenvalue weighted by molar-refractivity contribution is 0.111. The van der Waals surface area contributed by atoms with Crippen molar-refractivity contribution in [2.24, 2.45) is 0 Å². The third kappa shape index (κ3) is 2.74. The molecule has 24 heavy (non-hydrogen) atoms. The normalized spacial score (nSPS) is 11.2. The minimum atomic E-state index is 0.225. The van der Waals surface area contributed by atoms with Crippen molar-refractivity contribution in [3.63, 3.8) is 0 Å². The summed E-state index contributed by atoms with van der Waals surface area (Å²) in [7, 11) is 0. The van der Waals surface area contributed by atoms with Crippen molar-refractivity contribution in [1.29, 1.82) is 0 Å². The molecule has 0 spiro atoms. The third-order valence-electron chi connectivity index (χ3n) is 4.06. The molecule has 0 bridgehead atoms. The SMILES string of the molecule is O=Cc1cnc2sc(CC(c3ccccc3)c3ccccc3)nn12. The fourth-order valence-corrected chi connectivity index (χ4v) is 3.81. The van der Waals surface area contributed by atoms with Crippen molar-refractivity contribution in [3.05, 3.63) is 88.7 Å². The number of fused-ring (bicyclic) bond motifs is 1. The molecular formula is C19H15N3OS. The molecule has 0 amide bonds. The lowest BCUT2D eigenvalue weighted by Gasteiger charge is -2.16. The molecule has 5 heteroatoms. The molecule has 4 nitrogen and oxygen atoms in total. The second-order valence-corrected chi connectivity index (χ2v) is 6.61. The summed E-state index contributed by atoms with van der Waals surface area (Å²) >= 11 is 1.53. The number of benzene rings is 2. The van der Waals surface area contributed by atoms with Crippen molar-refractivity contribution in [2.45, 2.75) is 12.3 Å². The molecule has 0 aliphatic carbocycles. The lowest BCUT2D eigenvalue weighted by Crippen LogP contribution is -2.05. The minimum absolute atomic E-state index is 0.225. The average molecular weight is 333 g/mol. The van der Waals surface area contributed by atoms with Crippen molar-refractivity contribution in [2.75, 3.05) is 0 Å². The number of imidazole rings is 1. The fourth-order valence-electron chi connectivity index (χ4n) is 2.88. The first-order valence-corrected chi connectivity index (χ1v) is 8.55. The van der Waals surface area contributed by atoms with Gasteiger partial charge in [-0.15, -0.1) is 0 Å². The number of carbonyl (C=O) groups is 1. The Hall–Kier alpha value is -2.79. The van der Waals surface area contributed by atoms with Gasteiger partial charge in [-0.25, -0.2) is 9.50 Å². The van der Waals surface area contributed by atoms with E-state index in [0.717, 1.165) is 22.7 Å². The molecule has 118 valence electrons. The quantitative estimate of drug-likeness (QED) is 0.519. The Morgan fingerprint density at radius 3 is 2.21 bits per heavy atom. The summed E-state index contributed by atoms with van der Waals surface area (Å²) in [6.45, 7) is 0. The number of carbonyl (C=O) groups excluding carboxylic acids is 1. The molecule has 0 aliphatic heterocycles. The van der Waals surface area contributed by atoms with Crippen LogP contribution in [0.25, 0.3) is 4.96 Å². The Balaban J connectivity index is 1.73. The highest BCUT2D eigenvalue weighted by Crippen LogP contribution is 2.30. The van der Waals surface area contributed by atoms with Crippen molar-refractivity contribution >= 4 is 22.6 Å². The largest absolute Gasteiger partial charge is 0.296 e. The summed E-state index contributed by atoms with van der Waals surface area (Å²) in [5.41, 5.74) is 3.00. The molecule has 0 saturated carbocycles. The Bertz CT molecular complexity index is 921. The molecule has 4 aromatic rings. The van der Waals surface area contributed by atoms with E-state index in [1.807, 2.05) is 12.1 Å². The van der Waals surface area contributed by atoms with Gasteiger partial charge in [0.2, 0.25) is 4.96 Å². The molecule has 0 fully saturated rings. The summed E-state index contributed by atoms with van der Waals surface area (Å²) in [6.07, 6.45) is 3.12. The first-order valence-electron chi connectivity index (χ1n) is 7.73. The van der Waals surface area contributed by atoms with Crippen LogP contribution < -0.4 is 0 Å². The number of aromatic nitrogens is 3. The number of hydrogen-bond donors (Lipinski definition) is 0. The number of hydrogen-bond acceptors (Lipinski definition) is 4. The van der Waals surface area contributed by atoms with Gasteiger partial charge in [-0.1, -0.05) is 72.0 Å². The van der Waals surface area contributed by atoms with Gasteiger partial charge in [0.05, 0.1) is 6.20 Å². The zero-order valence-corrected chi connectivity index (χ0v) is 13.7. The standard InChI is InChI=1S/C19H15N3OS/c23-13-16-12-20-19-22(16)21-18(24-19)11-17(14-7-3-1-4-8-14)15-9-5-2-6-10-15/h1-10,12-13,17H,11H2. The van der Waals surface area contributed by atoms with Crippen LogP contribution in [0, 0.1) is 0 Å². The van der Waals surface area contributed by atoms with Gasteiger partial charge in [0.25, 0.3) is 0 Å². The van der Waals surface area contributed by atoms with Gasteiger partial charge in [-0.05, 0) is 11.1 Å². The number of nitrogens with zero attached hydrogens (tertiary/aromatic N) is 3. The van der Waals surface area contributed by atoms with Gasteiger partial charge in [0.1, 0.15) is 10.7 Å². The van der Waals surface area contributed by atoms with Crippen molar-refractivity contribution < 1.29 is 4.79 Å². The predicted molar refractivity (Wildman–Crippen MR) is 94.7 cm³/mol. The van der Waals surface area contributed by atoms with E-state index in [2.05, 4.69) is 58.6 Å². The molecule has 0 N–H and O–H groups in total. The number of rotatable bonds is 5. The van der Waals surface area contributed by atoms with Crippen LogP contribution in [0.5, 0.6) is 0 Å². The third-order valence-corrected chi connectivity index (χ3v) is 5.00. The predicted octanol–water partition coefficient (Wildman–Crippen LogP) is 3.98. The van der Waals surface area contributed by atoms with Crippen molar-refractivity contribution in [3.8, 4) is 0 Å². The summed E-state index contributed by atoms with van der Waals surface area (Å²) in [5.74, 6) is 0.225. The highest BCUT2D eigenvalue weighted by atomic mass is 32.1. The Kier molecular flexibility index (Phi) is 3.92. The average Bonchev–Trinajstić information content (AvgIpc) is 3.21. The maximum absolute atomic E-state index is 11.1. The molecule has 0 unspecified atom stereocenters. The molecule has 2 aromatic heterocycles. The van der Waals surface area contributed by atoms with E-state index >= 15 is 0 Å². The zero-order chi connectivity index (χ0) is 16.4. The maximum Gasteiger partial charge on any atom is 0.212 e. The fraction of sp³-hybridized carbons (Fsp3) is 0.105. The summed E-state index contributed by atoms with van der Waals surface area (Å²) in [4.78, 5) is 16.1. The molecule has 4 rings (SSSR count). The van der Waals surface area contributed by atoms with Crippen LogP contribution >= 0.6 is 11.3 Å². The van der Waals surface area contributed by atoms with Crippen LogP contribution in [-0.2, 0) is 6.42 Å². The molecule has 0 atom stereocenters. The summed E-state index contributed by atoms with van der Waals surface area (Å²) in [5, 5.41) is 5.55. The van der Waals surface area contributed by atoms with E-state index in [4.69, 9.17) is 0 Å². The topological polar surface area (TPSA) is 47.3 Å². The molecular weight excluding hydrogens is 318 g/mol. The molecule has 0 radical (unpaired) electrons. The lowest BCUT2D eigenvalue weighted by atomic mass is 9.89. The van der Waals surface area contributed by atoms with Gasteiger partial charge < -0.3 is 0 Å². The highest BCUT2D eigenvalue weighted by Gasteiger charge is 2.18. The Morgan fingerprint density at radius 1 is 1.00 bits per heavy atom. The van der Waals surface area contributed by atoms with Gasteiger partial charge in [0.15, 0.2) is 6.29 Å². The summed E-state index contributed by atoms with van der Waals surface area (Å²) < 4.78 is 1.63. The van der Waals surface area contributed by atoms with E-state index < -0.39 is 0 Å². The maximum atomic E-state index is 11.1. The van der Waals surface area contributed by atoms with Crippen LogP contribution in [-0.4, -0.2) is 20.9 Å². The van der Waals surface area contributed by atoms with Gasteiger partial charge in [0, 0.05) is 12.3 Å². The van der Waals surface area contributed by atoms with Crippen LogP contribution in [0.15, 0.2) is 66.9 Å². The molecule has 2 aromatic carbocycles. The Morgan fingerprint density at radius 2 is 1.62 bits per heavy atom. The molecule has 0 saturated heterocycles. The van der Waals surface area contributed by atoms with Crippen molar-refractivity contribution in [1.82, 2.24) is 14.6 Å². The minimum Gasteiger partial charge on any atom is -0.296 e. The van der Waals surface area contributed by atoms with E-state index in [9.17, 15) is 4.79 Å².